The van der Waals surface area contributed by atoms with Gasteiger partial charge in [0.1, 0.15) is 66.5 Å². The number of likely N-dealkylation sites (tertiary alicyclic amines) is 1. The molecule has 11 atom stereocenters. The first-order valence-electron chi connectivity index (χ1n) is 30.8. The molecule has 0 saturated carbocycles. The first-order valence-corrected chi connectivity index (χ1v) is 30.8. The van der Waals surface area contributed by atoms with Crippen LogP contribution in [0.1, 0.15) is 138 Å². The fourth-order valence-electron chi connectivity index (χ4n) is 9.26. The van der Waals surface area contributed by atoms with Gasteiger partial charge in [-0.25, -0.2) is 4.79 Å². The SMILES string of the molecule is CC(C)[C@H](NC(=O)[C@H](CCCCN)NC(=O)[C@H](CCCNC(=N)N)NC(=O)CNC(=O)[C@H](CCCCN)NC(=O)[C@H](C)NC(=O)[C@H](CCC(N)=O)NC(=O)[C@@H]1CCCN1C(=O)[C@@H](NC(=O)CN)C(C)C)C(=O)N[C@@H](C)C(=O)N[C@@H](C)C(=O)N[C@@H](CCC(N)=O)C(=O)O. The molecule has 1 saturated heterocycles. The van der Waals surface area contributed by atoms with E-state index in [0.29, 0.717) is 32.1 Å². The van der Waals surface area contributed by atoms with Crippen LogP contribution >= 0.6 is 0 Å². The molecular formula is C56H100N20O16. The molecule has 36 nitrogen and oxygen atoms in total. The van der Waals surface area contributed by atoms with Gasteiger partial charge in [-0.3, -0.25) is 72.5 Å². The van der Waals surface area contributed by atoms with Crippen LogP contribution in [0.4, 0.5) is 0 Å². The molecule has 0 spiro atoms. The van der Waals surface area contributed by atoms with Gasteiger partial charge in [0.15, 0.2) is 5.96 Å². The third-order valence-corrected chi connectivity index (χ3v) is 14.6. The molecule has 1 aliphatic rings. The second-order valence-electron chi connectivity index (χ2n) is 23.1. The van der Waals surface area contributed by atoms with Gasteiger partial charge in [0, 0.05) is 25.9 Å². The number of nitrogens with two attached hydrogens (primary N) is 6. The summed E-state index contributed by atoms with van der Waals surface area (Å²) in [7, 11) is 0. The number of nitrogens with zero attached hydrogens (tertiary/aromatic N) is 1. The summed E-state index contributed by atoms with van der Waals surface area (Å²) in [5.74, 6) is -14.2. The lowest BCUT2D eigenvalue weighted by Crippen LogP contribution is -2.60. The Balaban J connectivity index is 3.29. The molecule has 0 radical (unpaired) electrons. The average Bonchev–Trinajstić information content (AvgIpc) is 1.68. The van der Waals surface area contributed by atoms with E-state index in [9.17, 15) is 77.0 Å². The molecule has 1 aliphatic heterocycles. The number of unbranched alkanes of at least 4 members (excludes halogenated alkanes) is 2. The Bertz CT molecular complexity index is 2580. The zero-order valence-corrected chi connectivity index (χ0v) is 53.6. The van der Waals surface area contributed by atoms with Gasteiger partial charge >= 0.3 is 5.97 Å². The van der Waals surface area contributed by atoms with Crippen LogP contribution in [-0.4, -0.2) is 210 Å². The summed E-state index contributed by atoms with van der Waals surface area (Å²) >= 11 is 0. The lowest BCUT2D eigenvalue weighted by atomic mass is 10.0. The highest BCUT2D eigenvalue weighted by molar-refractivity contribution is 5.99. The Kier molecular flexibility index (Phi) is 37.3. The normalized spacial score (nSPS) is 16.0. The number of rotatable bonds is 44. The fourth-order valence-corrected chi connectivity index (χ4v) is 9.26. The number of hydrogen-bond donors (Lipinski definition) is 20. The second-order valence-corrected chi connectivity index (χ2v) is 23.1. The summed E-state index contributed by atoms with van der Waals surface area (Å²) in [4.78, 5) is 198. The van der Waals surface area contributed by atoms with Crippen molar-refractivity contribution in [2.75, 3.05) is 39.3 Å². The molecule has 26 N–H and O–H groups in total. The summed E-state index contributed by atoms with van der Waals surface area (Å²) in [6, 6.07) is -14.4. The zero-order valence-electron chi connectivity index (χ0n) is 53.6. The number of amides is 14. The number of aliphatic carboxylic acids is 1. The molecule has 92 heavy (non-hydrogen) atoms. The minimum absolute atomic E-state index is 0.00600. The van der Waals surface area contributed by atoms with Crippen LogP contribution in [0, 0.1) is 17.2 Å². The van der Waals surface area contributed by atoms with Crippen molar-refractivity contribution < 1.29 is 77.0 Å². The maximum atomic E-state index is 14.1. The minimum Gasteiger partial charge on any atom is -0.480 e. The van der Waals surface area contributed by atoms with Gasteiger partial charge < -0.3 is 108 Å². The Labute approximate surface area is 534 Å². The number of carboxylic acid groups (broad SMARTS) is 1. The smallest absolute Gasteiger partial charge is 0.326 e. The molecule has 0 aliphatic carbocycles. The number of nitrogens with one attached hydrogen (secondary N) is 13. The second kappa shape index (κ2) is 42.3. The van der Waals surface area contributed by atoms with E-state index >= 15 is 0 Å². The molecule has 0 aromatic rings. The van der Waals surface area contributed by atoms with Gasteiger partial charge in [0.2, 0.25) is 82.7 Å². The molecule has 14 amide bonds. The van der Waals surface area contributed by atoms with E-state index in [2.05, 4.69) is 63.8 Å². The maximum absolute atomic E-state index is 14.1. The predicted octanol–water partition coefficient (Wildman–Crippen LogP) is -7.59. The maximum Gasteiger partial charge on any atom is 0.326 e. The molecule has 0 bridgehead atoms. The quantitative estimate of drug-likeness (QED) is 0.0153. The van der Waals surface area contributed by atoms with Crippen molar-refractivity contribution >= 4 is 94.6 Å². The first kappa shape index (κ1) is 81.2. The molecule has 0 unspecified atom stereocenters. The van der Waals surface area contributed by atoms with Crippen molar-refractivity contribution in [1.82, 2.24) is 68.7 Å². The van der Waals surface area contributed by atoms with Crippen LogP contribution in [0.25, 0.3) is 0 Å². The number of primary amides is 2. The number of carbonyl (C=O) groups is 15. The van der Waals surface area contributed by atoms with Crippen LogP contribution in [0.15, 0.2) is 0 Å². The largest absolute Gasteiger partial charge is 0.480 e. The summed E-state index contributed by atoms with van der Waals surface area (Å²) in [6.07, 6.45) is 0.709. The van der Waals surface area contributed by atoms with Crippen LogP contribution in [0.2, 0.25) is 0 Å². The fraction of sp³-hybridized carbons (Fsp3) is 0.714. The van der Waals surface area contributed by atoms with Crippen molar-refractivity contribution in [2.45, 2.75) is 205 Å². The Morgan fingerprint density at radius 1 is 0.467 bits per heavy atom. The molecule has 1 heterocycles. The van der Waals surface area contributed by atoms with Crippen molar-refractivity contribution in [2.24, 2.45) is 46.2 Å². The highest BCUT2D eigenvalue weighted by Crippen LogP contribution is 2.21. The third kappa shape index (κ3) is 30.3. The van der Waals surface area contributed by atoms with Crippen molar-refractivity contribution in [1.29, 1.82) is 5.41 Å². The minimum atomic E-state index is -1.49. The van der Waals surface area contributed by atoms with Gasteiger partial charge in [0.25, 0.3) is 0 Å². The number of carboxylic acids is 1. The zero-order chi connectivity index (χ0) is 69.9. The number of guanidine groups is 1. The van der Waals surface area contributed by atoms with Crippen LogP contribution in [0.3, 0.4) is 0 Å². The predicted molar refractivity (Wildman–Crippen MR) is 332 cm³/mol. The van der Waals surface area contributed by atoms with Gasteiger partial charge in [-0.1, -0.05) is 27.7 Å². The van der Waals surface area contributed by atoms with E-state index in [4.69, 9.17) is 39.8 Å². The molecular weight excluding hydrogens is 1210 g/mol. The Morgan fingerprint density at radius 2 is 0.902 bits per heavy atom. The van der Waals surface area contributed by atoms with Crippen LogP contribution in [-0.2, 0) is 71.9 Å². The molecule has 1 rings (SSSR count). The highest BCUT2D eigenvalue weighted by atomic mass is 16.4. The van der Waals surface area contributed by atoms with E-state index in [0.717, 1.165) is 0 Å². The van der Waals surface area contributed by atoms with Crippen LogP contribution in [0.5, 0.6) is 0 Å². The Hall–Kier alpha value is -8.80. The highest BCUT2D eigenvalue weighted by Gasteiger charge is 2.41. The van der Waals surface area contributed by atoms with Crippen molar-refractivity contribution in [3.05, 3.63) is 0 Å². The van der Waals surface area contributed by atoms with Crippen LogP contribution < -0.4 is 98.2 Å². The lowest BCUT2D eigenvalue weighted by molar-refractivity contribution is -0.143. The molecule has 0 aromatic heterocycles. The molecule has 520 valence electrons. The van der Waals surface area contributed by atoms with Gasteiger partial charge in [-0.2, -0.15) is 0 Å². The summed E-state index contributed by atoms with van der Waals surface area (Å²) < 4.78 is 0. The lowest BCUT2D eigenvalue weighted by Gasteiger charge is -2.31. The van der Waals surface area contributed by atoms with E-state index in [-0.39, 0.29) is 102 Å². The average molecular weight is 1310 g/mol. The van der Waals surface area contributed by atoms with E-state index in [1.54, 1.807) is 27.7 Å². The van der Waals surface area contributed by atoms with E-state index in [1.165, 1.54) is 25.7 Å². The molecule has 0 aromatic carbocycles. The first-order chi connectivity index (χ1) is 43.2. The third-order valence-electron chi connectivity index (χ3n) is 14.6. The monoisotopic (exact) mass is 1310 g/mol. The van der Waals surface area contributed by atoms with Gasteiger partial charge in [0.05, 0.1) is 13.1 Å². The topological polar surface area (TPSA) is 604 Å². The van der Waals surface area contributed by atoms with E-state index in [1.807, 2.05) is 0 Å². The molecule has 1 fully saturated rings. The van der Waals surface area contributed by atoms with E-state index < -0.39 is 168 Å². The molecule has 36 heteroatoms. The number of carbonyl (C=O) groups excluding carboxylic acids is 14. The summed E-state index contributed by atoms with van der Waals surface area (Å²) in [6.45, 7) is 9.93. The summed E-state index contributed by atoms with van der Waals surface area (Å²) in [5, 5.41) is 47.0. The van der Waals surface area contributed by atoms with Gasteiger partial charge in [-0.15, -0.1) is 0 Å². The Morgan fingerprint density at radius 3 is 1.40 bits per heavy atom. The van der Waals surface area contributed by atoms with Crippen molar-refractivity contribution in [3.8, 4) is 0 Å². The number of hydrogen-bond acceptors (Lipinski definition) is 19. The standard InChI is InChI=1S/C56H100N20O16/c1-28(2)43(53(89)68-30(5)45(81)66-31(6)47(83)73-37(55(91)92)19-21-40(61)78)75-51(87)35(15-9-11-23-58)71-50(86)34(16-12-24-64-56(62)63)69-42(80)27-65-48(84)33(14-8-10-22-57)70-46(82)32(7)67-49(85)36(18-20-39(60)77)72-52(88)38-17-13-25-76(38)54(90)44(29(3)4)74-41(79)26-59/h28-38,43-44H,8-27,57-59H2,1-7H3,(H2,60,77)(H2,61,78)(H,65,84)(H,66,81)(H,67,85)(H,68,89)(H,69,80)(H,70,82)(H,71,86)(H,72,88)(H,73,83)(H,74,79)(H,75,87)(H,91,92)(H4,62,63,64)/t30-,31-,32-,33-,34-,35-,36-,37-,38-,43-,44-/m0/s1. The van der Waals surface area contributed by atoms with Gasteiger partial charge in [-0.05, 0) is 123 Å². The summed E-state index contributed by atoms with van der Waals surface area (Å²) in [5.41, 5.74) is 32.8. The van der Waals surface area contributed by atoms with Crippen molar-refractivity contribution in [3.63, 3.8) is 0 Å².